The predicted molar refractivity (Wildman–Crippen MR) is 82.1 cm³/mol. The Balaban J connectivity index is 2.07. The minimum atomic E-state index is 0.110. The van der Waals surface area contributed by atoms with Crippen molar-refractivity contribution in [3.63, 3.8) is 0 Å². The molecule has 1 N–H and O–H groups in total. The molecule has 20 heavy (non-hydrogen) atoms. The fraction of sp³-hybridized carbons (Fsp3) is 0.0714. The van der Waals surface area contributed by atoms with Gasteiger partial charge in [0.2, 0.25) is 5.82 Å². The Hall–Kier alpha value is -1.96. The monoisotopic (exact) mass is 379 g/mol. The van der Waals surface area contributed by atoms with E-state index in [0.29, 0.717) is 17.1 Å². The molecule has 0 atom stereocenters. The van der Waals surface area contributed by atoms with Crippen LogP contribution in [0.15, 0.2) is 41.1 Å². The van der Waals surface area contributed by atoms with Gasteiger partial charge in [-0.1, -0.05) is 11.2 Å². The molecule has 5 nitrogen and oxygen atoms in total. The first-order chi connectivity index (χ1) is 9.65. The van der Waals surface area contributed by atoms with E-state index in [1.54, 1.807) is 24.4 Å². The quantitative estimate of drug-likeness (QED) is 0.691. The molecule has 0 saturated carbocycles. The van der Waals surface area contributed by atoms with Crippen molar-refractivity contribution in [1.29, 1.82) is 0 Å². The van der Waals surface area contributed by atoms with Crippen LogP contribution in [0.25, 0.3) is 23.0 Å². The van der Waals surface area contributed by atoms with E-state index in [2.05, 4.69) is 37.7 Å². The van der Waals surface area contributed by atoms with Gasteiger partial charge in [0.05, 0.1) is 5.56 Å². The molecule has 3 rings (SSSR count). The molecular weight excluding hydrogens is 369 g/mol. The number of rotatable bonds is 2. The second-order valence-electron chi connectivity index (χ2n) is 4.25. The highest BCUT2D eigenvalue weighted by Gasteiger charge is 2.16. The van der Waals surface area contributed by atoms with Crippen molar-refractivity contribution in [2.75, 3.05) is 0 Å². The average Bonchev–Trinajstić information content (AvgIpc) is 2.91. The van der Waals surface area contributed by atoms with Crippen LogP contribution in [0.3, 0.4) is 0 Å². The topological polar surface area (TPSA) is 72.0 Å². The third-order valence-electron chi connectivity index (χ3n) is 2.84. The van der Waals surface area contributed by atoms with E-state index in [4.69, 9.17) is 4.52 Å². The van der Waals surface area contributed by atoms with E-state index in [1.165, 1.54) is 0 Å². The minimum absolute atomic E-state index is 0.110. The molecule has 2 heterocycles. The van der Waals surface area contributed by atoms with Crippen LogP contribution in [0, 0.1) is 10.5 Å². The molecule has 3 aromatic rings. The summed E-state index contributed by atoms with van der Waals surface area (Å²) in [5.41, 5.74) is 2.16. The van der Waals surface area contributed by atoms with Gasteiger partial charge in [-0.05, 0) is 59.3 Å². The van der Waals surface area contributed by atoms with Crippen molar-refractivity contribution in [3.05, 3.63) is 45.7 Å². The molecule has 0 radical (unpaired) electrons. The number of hydrogen-bond acceptors (Lipinski definition) is 5. The van der Waals surface area contributed by atoms with Crippen molar-refractivity contribution < 1.29 is 9.63 Å². The Labute approximate surface area is 128 Å². The number of aryl methyl sites for hydroxylation is 1. The first kappa shape index (κ1) is 13.0. The Bertz CT molecular complexity index is 771. The summed E-state index contributed by atoms with van der Waals surface area (Å²) in [5.74, 6) is 0.802. The highest BCUT2D eigenvalue weighted by atomic mass is 127. The third kappa shape index (κ3) is 2.38. The van der Waals surface area contributed by atoms with E-state index in [0.717, 1.165) is 9.13 Å². The van der Waals surface area contributed by atoms with Gasteiger partial charge < -0.3 is 9.63 Å². The molecule has 0 spiro atoms. The summed E-state index contributed by atoms with van der Waals surface area (Å²) in [4.78, 5) is 8.56. The Kier molecular flexibility index (Phi) is 3.39. The Morgan fingerprint density at radius 3 is 2.90 bits per heavy atom. The van der Waals surface area contributed by atoms with Gasteiger partial charge in [0, 0.05) is 9.77 Å². The van der Waals surface area contributed by atoms with Crippen LogP contribution in [0.4, 0.5) is 0 Å². The zero-order chi connectivity index (χ0) is 14.1. The summed E-state index contributed by atoms with van der Waals surface area (Å²) in [6, 6.07) is 8.98. The summed E-state index contributed by atoms with van der Waals surface area (Å²) in [6.45, 7) is 1.93. The van der Waals surface area contributed by atoms with E-state index < -0.39 is 0 Å². The van der Waals surface area contributed by atoms with Crippen molar-refractivity contribution in [2.24, 2.45) is 0 Å². The van der Waals surface area contributed by atoms with E-state index in [1.807, 2.05) is 19.1 Å². The standard InChI is InChI=1S/C14H10IN3O2/c1-8-3-2-6-16-12(8)13-17-14(20-18-13)10-7-9(15)4-5-11(10)19/h2-7,19H,1H3. The lowest BCUT2D eigenvalue weighted by Crippen LogP contribution is -1.89. The summed E-state index contributed by atoms with van der Waals surface area (Å²) in [7, 11) is 0. The molecule has 2 aromatic heterocycles. The molecule has 100 valence electrons. The molecule has 0 bridgehead atoms. The summed E-state index contributed by atoms with van der Waals surface area (Å²) >= 11 is 2.16. The number of phenols is 1. The maximum absolute atomic E-state index is 9.88. The second kappa shape index (κ2) is 5.20. The minimum Gasteiger partial charge on any atom is -0.507 e. The number of aromatic nitrogens is 3. The number of hydrogen-bond donors (Lipinski definition) is 1. The van der Waals surface area contributed by atoms with Crippen molar-refractivity contribution in [3.8, 4) is 28.7 Å². The summed E-state index contributed by atoms with van der Waals surface area (Å²) in [5, 5.41) is 13.8. The molecule has 0 aliphatic heterocycles. The molecule has 6 heteroatoms. The zero-order valence-corrected chi connectivity index (χ0v) is 12.7. The van der Waals surface area contributed by atoms with Gasteiger partial charge in [-0.3, -0.25) is 4.98 Å². The van der Waals surface area contributed by atoms with Crippen molar-refractivity contribution in [2.45, 2.75) is 6.92 Å². The van der Waals surface area contributed by atoms with E-state index in [9.17, 15) is 5.11 Å². The average molecular weight is 379 g/mol. The molecule has 0 unspecified atom stereocenters. The van der Waals surface area contributed by atoms with Crippen molar-refractivity contribution in [1.82, 2.24) is 15.1 Å². The first-order valence-electron chi connectivity index (χ1n) is 5.90. The van der Waals surface area contributed by atoms with Crippen LogP contribution >= 0.6 is 22.6 Å². The van der Waals surface area contributed by atoms with Crippen LogP contribution in [0.1, 0.15) is 5.56 Å². The molecule has 0 aliphatic rings. The zero-order valence-electron chi connectivity index (χ0n) is 10.5. The smallest absolute Gasteiger partial charge is 0.262 e. The maximum atomic E-state index is 9.88. The molecule has 0 aliphatic carbocycles. The van der Waals surface area contributed by atoms with E-state index >= 15 is 0 Å². The largest absolute Gasteiger partial charge is 0.507 e. The summed E-state index contributed by atoms with van der Waals surface area (Å²) in [6.07, 6.45) is 1.68. The van der Waals surface area contributed by atoms with Gasteiger partial charge >= 0.3 is 0 Å². The lowest BCUT2D eigenvalue weighted by molar-refractivity contribution is 0.425. The molecule has 0 fully saturated rings. The van der Waals surface area contributed by atoms with Crippen LogP contribution in [0.5, 0.6) is 5.75 Å². The highest BCUT2D eigenvalue weighted by Crippen LogP contribution is 2.30. The van der Waals surface area contributed by atoms with Gasteiger partial charge in [0.25, 0.3) is 5.89 Å². The van der Waals surface area contributed by atoms with Crippen LogP contribution in [-0.2, 0) is 0 Å². The molecule has 0 saturated heterocycles. The number of halogens is 1. The van der Waals surface area contributed by atoms with Crippen molar-refractivity contribution >= 4 is 22.6 Å². The van der Waals surface area contributed by atoms with Gasteiger partial charge in [-0.25, -0.2) is 0 Å². The maximum Gasteiger partial charge on any atom is 0.262 e. The lowest BCUT2D eigenvalue weighted by Gasteiger charge is -1.99. The van der Waals surface area contributed by atoms with Crippen LogP contribution in [-0.4, -0.2) is 20.2 Å². The number of nitrogens with zero attached hydrogens (tertiary/aromatic N) is 3. The normalized spacial score (nSPS) is 10.7. The highest BCUT2D eigenvalue weighted by molar-refractivity contribution is 14.1. The van der Waals surface area contributed by atoms with E-state index in [-0.39, 0.29) is 11.6 Å². The second-order valence-corrected chi connectivity index (χ2v) is 5.50. The van der Waals surface area contributed by atoms with Crippen LogP contribution in [0.2, 0.25) is 0 Å². The number of benzene rings is 1. The Morgan fingerprint density at radius 2 is 2.10 bits per heavy atom. The number of phenolic OH excluding ortho intramolecular Hbond substituents is 1. The first-order valence-corrected chi connectivity index (χ1v) is 6.97. The molecule has 0 amide bonds. The SMILES string of the molecule is Cc1cccnc1-c1noc(-c2cc(I)ccc2O)n1. The number of pyridine rings is 1. The summed E-state index contributed by atoms with van der Waals surface area (Å²) < 4.78 is 6.21. The lowest BCUT2D eigenvalue weighted by atomic mass is 10.2. The fourth-order valence-corrected chi connectivity index (χ4v) is 2.32. The molecule has 1 aromatic carbocycles. The van der Waals surface area contributed by atoms with Gasteiger partial charge in [0.1, 0.15) is 11.4 Å². The van der Waals surface area contributed by atoms with Gasteiger partial charge in [-0.15, -0.1) is 0 Å². The predicted octanol–water partition coefficient (Wildman–Crippen LogP) is 3.42. The van der Waals surface area contributed by atoms with Crippen LogP contribution < -0.4 is 0 Å². The third-order valence-corrected chi connectivity index (χ3v) is 3.51. The molecular formula is C14H10IN3O2. The fourth-order valence-electron chi connectivity index (χ4n) is 1.83. The Morgan fingerprint density at radius 1 is 1.25 bits per heavy atom. The van der Waals surface area contributed by atoms with Gasteiger partial charge in [-0.2, -0.15) is 4.98 Å². The van der Waals surface area contributed by atoms with Gasteiger partial charge in [0.15, 0.2) is 0 Å². The number of aromatic hydroxyl groups is 1.